The monoisotopic (exact) mass is 375 g/mol. The Morgan fingerprint density at radius 2 is 2.12 bits per heavy atom. The highest BCUT2D eigenvalue weighted by atomic mass is 32.2. The molecular weight excluding hydrogens is 353 g/mol. The average Bonchev–Trinajstić information content (AvgIpc) is 2.67. The van der Waals surface area contributed by atoms with Gasteiger partial charge in [-0.15, -0.1) is 11.8 Å². The molecule has 0 bridgehead atoms. The fourth-order valence-electron chi connectivity index (χ4n) is 2.70. The van der Waals surface area contributed by atoms with Gasteiger partial charge in [0.1, 0.15) is 10.8 Å². The Morgan fingerprint density at radius 3 is 2.92 bits per heavy atom. The molecule has 7 heteroatoms. The number of thioether (sulfide) groups is 1. The number of hydrogen-bond donors (Lipinski definition) is 1. The number of hydrogen-bond acceptors (Lipinski definition) is 5. The summed E-state index contributed by atoms with van der Waals surface area (Å²) in [5, 5.41) is 3.61. The summed E-state index contributed by atoms with van der Waals surface area (Å²) in [7, 11) is 0. The molecule has 0 saturated carbocycles. The van der Waals surface area contributed by atoms with E-state index in [0.29, 0.717) is 22.9 Å². The van der Waals surface area contributed by atoms with Crippen LogP contribution in [0.3, 0.4) is 0 Å². The summed E-state index contributed by atoms with van der Waals surface area (Å²) < 4.78 is 18.6. The number of amides is 1. The number of pyridine rings is 1. The second-order valence-corrected chi connectivity index (χ2v) is 6.95. The second-order valence-electron chi connectivity index (χ2n) is 5.98. The summed E-state index contributed by atoms with van der Waals surface area (Å²) in [6.45, 7) is 4.69. The molecule has 0 atom stereocenters. The highest BCUT2D eigenvalue weighted by Gasteiger charge is 2.14. The third kappa shape index (κ3) is 5.52. The lowest BCUT2D eigenvalue weighted by molar-refractivity contribution is 0.0383. The van der Waals surface area contributed by atoms with Gasteiger partial charge in [-0.1, -0.05) is 12.1 Å². The molecule has 1 N–H and O–H groups in total. The predicted octanol–water partition coefficient (Wildman–Crippen LogP) is 2.58. The van der Waals surface area contributed by atoms with Crippen LogP contribution in [0.25, 0.3) is 0 Å². The van der Waals surface area contributed by atoms with E-state index < -0.39 is 0 Å². The molecule has 1 fully saturated rings. The van der Waals surface area contributed by atoms with Gasteiger partial charge in [-0.3, -0.25) is 9.69 Å². The van der Waals surface area contributed by atoms with Crippen molar-refractivity contribution in [3.63, 3.8) is 0 Å². The van der Waals surface area contributed by atoms with E-state index in [2.05, 4.69) is 15.2 Å². The summed E-state index contributed by atoms with van der Waals surface area (Å²) in [6.07, 6.45) is 1.67. The van der Waals surface area contributed by atoms with Gasteiger partial charge in [-0.25, -0.2) is 9.37 Å². The Bertz CT molecular complexity index is 738. The van der Waals surface area contributed by atoms with Crippen molar-refractivity contribution in [3.8, 4) is 0 Å². The lowest BCUT2D eigenvalue weighted by atomic mass is 10.2. The van der Waals surface area contributed by atoms with Gasteiger partial charge in [0.2, 0.25) is 0 Å². The van der Waals surface area contributed by atoms with Crippen molar-refractivity contribution < 1.29 is 13.9 Å². The number of morpholine rings is 1. The molecule has 2 heterocycles. The molecule has 3 rings (SSSR count). The summed E-state index contributed by atoms with van der Waals surface area (Å²) in [5.41, 5.74) is 1.41. The minimum atomic E-state index is -0.259. The van der Waals surface area contributed by atoms with E-state index in [1.807, 2.05) is 6.07 Å². The maximum Gasteiger partial charge on any atom is 0.254 e. The summed E-state index contributed by atoms with van der Waals surface area (Å²) in [6, 6.07) is 9.98. The number of nitrogens with one attached hydrogen (secondary N) is 1. The Morgan fingerprint density at radius 1 is 1.27 bits per heavy atom. The van der Waals surface area contributed by atoms with Crippen LogP contribution in [-0.2, 0) is 10.5 Å². The average molecular weight is 375 g/mol. The molecule has 0 aliphatic carbocycles. The van der Waals surface area contributed by atoms with Crippen LogP contribution in [0.15, 0.2) is 47.6 Å². The zero-order chi connectivity index (χ0) is 18.2. The Kier molecular flexibility index (Phi) is 6.99. The van der Waals surface area contributed by atoms with Crippen LogP contribution in [0.5, 0.6) is 0 Å². The predicted molar refractivity (Wildman–Crippen MR) is 99.8 cm³/mol. The van der Waals surface area contributed by atoms with Gasteiger partial charge in [0, 0.05) is 38.1 Å². The van der Waals surface area contributed by atoms with Crippen molar-refractivity contribution in [3.05, 3.63) is 59.5 Å². The largest absolute Gasteiger partial charge is 0.379 e. The van der Waals surface area contributed by atoms with E-state index in [1.165, 1.54) is 23.9 Å². The summed E-state index contributed by atoms with van der Waals surface area (Å²) in [4.78, 5) is 19.1. The Hall–Kier alpha value is -1.96. The number of rotatable bonds is 7. The molecule has 1 amide bonds. The zero-order valence-electron chi connectivity index (χ0n) is 14.5. The Labute approximate surface area is 156 Å². The number of halogens is 1. The number of carbonyl (C=O) groups is 1. The van der Waals surface area contributed by atoms with Crippen molar-refractivity contribution in [2.75, 3.05) is 39.4 Å². The van der Waals surface area contributed by atoms with E-state index in [4.69, 9.17) is 4.74 Å². The highest BCUT2D eigenvalue weighted by Crippen LogP contribution is 2.24. The molecule has 0 spiro atoms. The van der Waals surface area contributed by atoms with Gasteiger partial charge >= 0.3 is 0 Å². The van der Waals surface area contributed by atoms with Gasteiger partial charge in [0.25, 0.3) is 5.91 Å². The number of benzene rings is 1. The van der Waals surface area contributed by atoms with Crippen LogP contribution in [0.1, 0.15) is 15.9 Å². The molecule has 1 aromatic carbocycles. The SMILES string of the molecule is O=C(NCCN1CCOCC1)c1cccnc1SCc1cccc(F)c1. The van der Waals surface area contributed by atoms with E-state index in [9.17, 15) is 9.18 Å². The minimum absolute atomic E-state index is 0.131. The first-order valence-electron chi connectivity index (χ1n) is 8.63. The molecule has 1 aromatic heterocycles. The van der Waals surface area contributed by atoms with Crippen LogP contribution in [-0.4, -0.2) is 55.2 Å². The van der Waals surface area contributed by atoms with Crippen LogP contribution < -0.4 is 5.32 Å². The first-order valence-corrected chi connectivity index (χ1v) is 9.61. The summed E-state index contributed by atoms with van der Waals surface area (Å²) in [5.74, 6) is 0.168. The van der Waals surface area contributed by atoms with Gasteiger partial charge < -0.3 is 10.1 Å². The van der Waals surface area contributed by atoms with Gasteiger partial charge in [0.15, 0.2) is 0 Å². The summed E-state index contributed by atoms with van der Waals surface area (Å²) >= 11 is 1.43. The van der Waals surface area contributed by atoms with Crippen molar-refractivity contribution in [2.24, 2.45) is 0 Å². The highest BCUT2D eigenvalue weighted by molar-refractivity contribution is 7.98. The molecule has 1 saturated heterocycles. The quantitative estimate of drug-likeness (QED) is 0.754. The van der Waals surface area contributed by atoms with Crippen molar-refractivity contribution in [1.29, 1.82) is 0 Å². The molecule has 138 valence electrons. The van der Waals surface area contributed by atoms with Gasteiger partial charge in [0.05, 0.1) is 18.8 Å². The normalized spacial score (nSPS) is 15.0. The van der Waals surface area contributed by atoms with E-state index in [0.717, 1.165) is 38.4 Å². The second kappa shape index (κ2) is 9.66. The van der Waals surface area contributed by atoms with Gasteiger partial charge in [-0.2, -0.15) is 0 Å². The molecule has 26 heavy (non-hydrogen) atoms. The fraction of sp³-hybridized carbons (Fsp3) is 0.368. The van der Waals surface area contributed by atoms with Crippen LogP contribution in [0.2, 0.25) is 0 Å². The first kappa shape index (κ1) is 18.8. The smallest absolute Gasteiger partial charge is 0.254 e. The van der Waals surface area contributed by atoms with Gasteiger partial charge in [-0.05, 0) is 29.8 Å². The number of nitrogens with zero attached hydrogens (tertiary/aromatic N) is 2. The maximum absolute atomic E-state index is 13.3. The molecule has 0 radical (unpaired) electrons. The van der Waals surface area contributed by atoms with Crippen LogP contribution >= 0.6 is 11.8 Å². The lowest BCUT2D eigenvalue weighted by Gasteiger charge is -2.26. The third-order valence-electron chi connectivity index (χ3n) is 4.10. The number of carbonyl (C=O) groups excluding carboxylic acids is 1. The molecule has 1 aliphatic rings. The van der Waals surface area contributed by atoms with Crippen molar-refractivity contribution >= 4 is 17.7 Å². The topological polar surface area (TPSA) is 54.5 Å². The molecular formula is C19H22FN3O2S. The van der Waals surface area contributed by atoms with Crippen molar-refractivity contribution in [2.45, 2.75) is 10.8 Å². The van der Waals surface area contributed by atoms with E-state index in [1.54, 1.807) is 24.4 Å². The number of aromatic nitrogens is 1. The molecule has 2 aromatic rings. The standard InChI is InChI=1S/C19H22FN3O2S/c20-16-4-1-3-15(13-16)14-26-19-17(5-2-6-22-19)18(24)21-7-8-23-9-11-25-12-10-23/h1-6,13H,7-12,14H2,(H,21,24). The maximum atomic E-state index is 13.3. The Balaban J connectivity index is 1.54. The third-order valence-corrected chi connectivity index (χ3v) is 5.17. The van der Waals surface area contributed by atoms with Crippen molar-refractivity contribution in [1.82, 2.24) is 15.2 Å². The van der Waals surface area contributed by atoms with Crippen LogP contribution in [0, 0.1) is 5.82 Å². The first-order chi connectivity index (χ1) is 12.7. The minimum Gasteiger partial charge on any atom is -0.379 e. The fourth-order valence-corrected chi connectivity index (χ4v) is 3.64. The van der Waals surface area contributed by atoms with Crippen LogP contribution in [0.4, 0.5) is 4.39 Å². The van der Waals surface area contributed by atoms with E-state index >= 15 is 0 Å². The lowest BCUT2D eigenvalue weighted by Crippen LogP contribution is -2.41. The van der Waals surface area contributed by atoms with E-state index in [-0.39, 0.29) is 11.7 Å². The molecule has 5 nitrogen and oxygen atoms in total. The molecule has 0 unspecified atom stereocenters. The molecule has 1 aliphatic heterocycles. The number of ether oxygens (including phenoxy) is 1. The zero-order valence-corrected chi connectivity index (χ0v) is 15.3.